The third-order valence-corrected chi connectivity index (χ3v) is 3.63. The lowest BCUT2D eigenvalue weighted by molar-refractivity contribution is -0.123. The van der Waals surface area contributed by atoms with Gasteiger partial charge in [0.05, 0.1) is 12.2 Å². The predicted octanol–water partition coefficient (Wildman–Crippen LogP) is 0.870. The van der Waals surface area contributed by atoms with Gasteiger partial charge in [0.15, 0.2) is 6.61 Å². The van der Waals surface area contributed by atoms with Gasteiger partial charge in [-0.2, -0.15) is 0 Å². The van der Waals surface area contributed by atoms with E-state index in [1.807, 2.05) is 13.0 Å². The maximum absolute atomic E-state index is 11.9. The fourth-order valence-corrected chi connectivity index (χ4v) is 2.50. The summed E-state index contributed by atoms with van der Waals surface area (Å²) in [5.41, 5.74) is 1.68. The molecule has 8 nitrogen and oxygen atoms in total. The van der Waals surface area contributed by atoms with E-state index >= 15 is 0 Å². The van der Waals surface area contributed by atoms with E-state index < -0.39 is 0 Å². The molecule has 0 spiro atoms. The van der Waals surface area contributed by atoms with Crippen LogP contribution in [0.3, 0.4) is 0 Å². The minimum Gasteiger partial charge on any atom is -0.453 e. The van der Waals surface area contributed by atoms with E-state index in [-0.39, 0.29) is 18.5 Å². The molecule has 1 amide bonds. The van der Waals surface area contributed by atoms with Gasteiger partial charge in [0.1, 0.15) is 0 Å². The summed E-state index contributed by atoms with van der Waals surface area (Å²) in [6, 6.07) is 3.74. The molecule has 0 saturated carbocycles. The van der Waals surface area contributed by atoms with E-state index in [0.717, 1.165) is 30.4 Å². The highest BCUT2D eigenvalue weighted by molar-refractivity contribution is 5.77. The fourth-order valence-electron chi connectivity index (χ4n) is 2.50. The van der Waals surface area contributed by atoms with Crippen LogP contribution in [-0.2, 0) is 11.3 Å². The monoisotopic (exact) mass is 328 g/mol. The van der Waals surface area contributed by atoms with Crippen molar-refractivity contribution in [1.82, 2.24) is 25.3 Å². The first-order valence-electron chi connectivity index (χ1n) is 7.97. The topological polar surface area (TPSA) is 93.1 Å². The van der Waals surface area contributed by atoms with Gasteiger partial charge in [0.2, 0.25) is 5.95 Å². The highest BCUT2D eigenvalue weighted by Crippen LogP contribution is 2.16. The number of hydrogen-bond acceptors (Lipinski definition) is 7. The Kier molecular flexibility index (Phi) is 5.15. The fraction of sp³-hybridized carbons (Fsp3) is 0.438. The maximum Gasteiger partial charge on any atom is 0.316 e. The molecule has 8 heteroatoms. The number of carbonyl (C=O) groups is 1. The molecule has 1 saturated heterocycles. The molecule has 1 N–H and O–H groups in total. The van der Waals surface area contributed by atoms with E-state index in [4.69, 9.17) is 4.74 Å². The van der Waals surface area contributed by atoms with Gasteiger partial charge in [0.25, 0.3) is 5.91 Å². The van der Waals surface area contributed by atoms with Crippen molar-refractivity contribution in [2.75, 3.05) is 24.6 Å². The van der Waals surface area contributed by atoms with Crippen LogP contribution in [0.2, 0.25) is 0 Å². The second-order valence-corrected chi connectivity index (χ2v) is 5.59. The summed E-state index contributed by atoms with van der Waals surface area (Å²) in [6.45, 7) is 4.11. The summed E-state index contributed by atoms with van der Waals surface area (Å²) in [5.74, 6) is 0.493. The second-order valence-electron chi connectivity index (χ2n) is 5.59. The van der Waals surface area contributed by atoms with E-state index in [1.54, 1.807) is 18.5 Å². The number of amides is 1. The smallest absolute Gasteiger partial charge is 0.316 e. The summed E-state index contributed by atoms with van der Waals surface area (Å²) in [5, 5.41) is 2.79. The molecule has 2 aromatic rings. The lowest BCUT2D eigenvalue weighted by atomic mass is 10.3. The second kappa shape index (κ2) is 7.67. The van der Waals surface area contributed by atoms with Crippen molar-refractivity contribution in [3.63, 3.8) is 0 Å². The van der Waals surface area contributed by atoms with E-state index in [2.05, 4.69) is 30.2 Å². The zero-order chi connectivity index (χ0) is 16.8. The highest BCUT2D eigenvalue weighted by Gasteiger charge is 2.16. The first kappa shape index (κ1) is 16.1. The van der Waals surface area contributed by atoms with Crippen molar-refractivity contribution in [2.45, 2.75) is 26.3 Å². The molecule has 0 atom stereocenters. The molecule has 126 valence electrons. The summed E-state index contributed by atoms with van der Waals surface area (Å²) in [4.78, 5) is 30.9. The highest BCUT2D eigenvalue weighted by atomic mass is 16.5. The van der Waals surface area contributed by atoms with Crippen LogP contribution < -0.4 is 15.0 Å². The van der Waals surface area contributed by atoms with Crippen LogP contribution in [0.25, 0.3) is 0 Å². The van der Waals surface area contributed by atoms with Crippen LogP contribution in [0.15, 0.2) is 24.5 Å². The first-order chi connectivity index (χ1) is 11.7. The number of carbonyl (C=O) groups excluding carboxylic acids is 1. The molecule has 3 heterocycles. The average Bonchev–Trinajstić information content (AvgIpc) is 3.13. The molecule has 1 aliphatic rings. The normalized spacial score (nSPS) is 13.8. The molecule has 1 aliphatic heterocycles. The zero-order valence-electron chi connectivity index (χ0n) is 13.6. The molecule has 0 unspecified atom stereocenters. The number of aromatic nitrogens is 4. The zero-order valence-corrected chi connectivity index (χ0v) is 13.6. The van der Waals surface area contributed by atoms with Crippen LogP contribution >= 0.6 is 0 Å². The molecular weight excluding hydrogens is 308 g/mol. The van der Waals surface area contributed by atoms with E-state index in [9.17, 15) is 4.79 Å². The first-order valence-corrected chi connectivity index (χ1v) is 7.97. The minimum absolute atomic E-state index is 0.132. The molecule has 0 aliphatic carbocycles. The molecular formula is C16H20N6O2. The third kappa shape index (κ3) is 4.37. The van der Waals surface area contributed by atoms with Crippen molar-refractivity contribution >= 4 is 11.9 Å². The van der Waals surface area contributed by atoms with Gasteiger partial charge in [-0.25, -0.2) is 19.9 Å². The van der Waals surface area contributed by atoms with Gasteiger partial charge < -0.3 is 15.0 Å². The van der Waals surface area contributed by atoms with Crippen LogP contribution in [0.4, 0.5) is 5.95 Å². The number of ether oxygens (including phenoxy) is 1. The summed E-state index contributed by atoms with van der Waals surface area (Å²) in [6.07, 6.45) is 5.46. The molecule has 0 radical (unpaired) electrons. The molecule has 2 aromatic heterocycles. The van der Waals surface area contributed by atoms with Crippen molar-refractivity contribution in [3.8, 4) is 6.01 Å². The number of anilines is 1. The number of nitrogens with zero attached hydrogens (tertiary/aromatic N) is 5. The van der Waals surface area contributed by atoms with E-state index in [1.165, 1.54) is 12.8 Å². The molecule has 0 aromatic carbocycles. The quantitative estimate of drug-likeness (QED) is 0.841. The Morgan fingerprint density at radius 3 is 2.75 bits per heavy atom. The maximum atomic E-state index is 11.9. The third-order valence-electron chi connectivity index (χ3n) is 3.63. The Labute approximate surface area is 140 Å². The number of hydrogen-bond donors (Lipinski definition) is 1. The van der Waals surface area contributed by atoms with Crippen molar-refractivity contribution in [1.29, 1.82) is 0 Å². The van der Waals surface area contributed by atoms with Crippen LogP contribution in [0.1, 0.15) is 24.2 Å². The Bertz CT molecular complexity index is 688. The summed E-state index contributed by atoms with van der Waals surface area (Å²) >= 11 is 0. The van der Waals surface area contributed by atoms with Gasteiger partial charge in [-0.1, -0.05) is 0 Å². The Morgan fingerprint density at radius 2 is 2.00 bits per heavy atom. The standard InChI is InChI=1S/C16H20N6O2/c1-12-9-13(21-15(20-12)22-7-2-3-8-22)10-19-14(23)11-24-16-17-5-4-6-18-16/h4-6,9H,2-3,7-8,10-11H2,1H3,(H,19,23). The largest absolute Gasteiger partial charge is 0.453 e. The van der Waals surface area contributed by atoms with Gasteiger partial charge in [0, 0.05) is 31.2 Å². The van der Waals surface area contributed by atoms with Crippen LogP contribution in [0, 0.1) is 6.92 Å². The lowest BCUT2D eigenvalue weighted by Gasteiger charge is -2.16. The number of rotatable bonds is 6. The SMILES string of the molecule is Cc1cc(CNC(=O)COc2ncccn2)nc(N2CCCC2)n1. The Morgan fingerprint density at radius 1 is 1.25 bits per heavy atom. The Balaban J connectivity index is 1.53. The Hall–Kier alpha value is -2.77. The molecule has 24 heavy (non-hydrogen) atoms. The number of aryl methyl sites for hydroxylation is 1. The van der Waals surface area contributed by atoms with Crippen molar-refractivity contribution in [2.24, 2.45) is 0 Å². The van der Waals surface area contributed by atoms with Gasteiger partial charge in [-0.05, 0) is 31.9 Å². The van der Waals surface area contributed by atoms with Crippen LogP contribution in [-0.4, -0.2) is 45.5 Å². The van der Waals surface area contributed by atoms with Crippen molar-refractivity contribution < 1.29 is 9.53 Å². The van der Waals surface area contributed by atoms with Crippen molar-refractivity contribution in [3.05, 3.63) is 35.9 Å². The number of nitrogens with one attached hydrogen (secondary N) is 1. The molecule has 0 bridgehead atoms. The minimum atomic E-state index is -0.249. The van der Waals surface area contributed by atoms with Gasteiger partial charge >= 0.3 is 6.01 Å². The molecule has 3 rings (SSSR count). The van der Waals surface area contributed by atoms with E-state index in [0.29, 0.717) is 6.54 Å². The van der Waals surface area contributed by atoms with Gasteiger partial charge in [-0.3, -0.25) is 4.79 Å². The van der Waals surface area contributed by atoms with Gasteiger partial charge in [-0.15, -0.1) is 0 Å². The summed E-state index contributed by atoms with van der Waals surface area (Å²) < 4.78 is 5.21. The van der Waals surface area contributed by atoms with Crippen LogP contribution in [0.5, 0.6) is 6.01 Å². The predicted molar refractivity (Wildman–Crippen MR) is 87.6 cm³/mol. The lowest BCUT2D eigenvalue weighted by Crippen LogP contribution is -2.29. The molecule has 1 fully saturated rings. The summed E-state index contributed by atoms with van der Waals surface area (Å²) in [7, 11) is 0. The average molecular weight is 328 g/mol.